The van der Waals surface area contributed by atoms with Crippen LogP contribution in [0.15, 0.2) is 36.4 Å². The Labute approximate surface area is 156 Å². The number of carboxylic acid groups (broad SMARTS) is 1. The van der Waals surface area contributed by atoms with Gasteiger partial charge in [0.2, 0.25) is 0 Å². The van der Waals surface area contributed by atoms with Gasteiger partial charge >= 0.3 is 5.97 Å². The van der Waals surface area contributed by atoms with E-state index in [4.69, 9.17) is 15.6 Å². The molecule has 0 aliphatic carbocycles. The van der Waals surface area contributed by atoms with Crippen molar-refractivity contribution in [2.24, 2.45) is 0 Å². The monoisotopic (exact) mass is 355 g/mol. The van der Waals surface area contributed by atoms with Gasteiger partial charge < -0.3 is 15.6 Å². The Hall–Kier alpha value is -2.49. The summed E-state index contributed by atoms with van der Waals surface area (Å²) in [6, 6.07) is 10.7. The quantitative estimate of drug-likeness (QED) is 0.448. The van der Waals surface area contributed by atoms with E-state index in [-0.39, 0.29) is 11.7 Å². The maximum atomic E-state index is 11.0. The van der Waals surface area contributed by atoms with Gasteiger partial charge in [-0.05, 0) is 61.6 Å². The molecule has 0 saturated carbocycles. The molecule has 26 heavy (non-hydrogen) atoms. The molecular formula is C22H29NO3. The van der Waals surface area contributed by atoms with Crippen LogP contribution < -0.4 is 10.5 Å². The van der Waals surface area contributed by atoms with Gasteiger partial charge in [-0.15, -0.1) is 0 Å². The summed E-state index contributed by atoms with van der Waals surface area (Å²) in [5, 5.41) is 9.02. The Morgan fingerprint density at radius 3 is 2.42 bits per heavy atom. The number of unbranched alkanes of at least 4 members (excludes halogenated alkanes) is 3. The minimum Gasteiger partial charge on any atom is -0.489 e. The molecule has 1 atom stereocenters. The molecule has 0 amide bonds. The summed E-state index contributed by atoms with van der Waals surface area (Å²) in [7, 11) is 0. The number of ether oxygens (including phenoxy) is 1. The van der Waals surface area contributed by atoms with Gasteiger partial charge in [0.15, 0.2) is 0 Å². The van der Waals surface area contributed by atoms with Crippen molar-refractivity contribution < 1.29 is 14.6 Å². The highest BCUT2D eigenvalue weighted by atomic mass is 16.5. The molecule has 2 aromatic rings. The zero-order valence-corrected chi connectivity index (χ0v) is 15.9. The fourth-order valence-corrected chi connectivity index (χ4v) is 3.05. The number of carboxylic acids is 1. The van der Waals surface area contributed by atoms with Crippen molar-refractivity contribution in [1.82, 2.24) is 0 Å². The zero-order valence-electron chi connectivity index (χ0n) is 15.9. The van der Waals surface area contributed by atoms with E-state index in [9.17, 15) is 4.79 Å². The third kappa shape index (κ3) is 5.01. The van der Waals surface area contributed by atoms with Crippen LogP contribution in [0.1, 0.15) is 61.9 Å². The number of benzene rings is 2. The molecule has 0 radical (unpaired) electrons. The molecule has 0 fully saturated rings. The van der Waals surface area contributed by atoms with Crippen LogP contribution >= 0.6 is 0 Å². The van der Waals surface area contributed by atoms with Crippen LogP contribution in [0.4, 0.5) is 5.69 Å². The molecule has 140 valence electrons. The largest absolute Gasteiger partial charge is 0.489 e. The van der Waals surface area contributed by atoms with E-state index in [0.29, 0.717) is 5.69 Å². The van der Waals surface area contributed by atoms with E-state index in [1.807, 2.05) is 31.2 Å². The number of rotatable bonds is 9. The summed E-state index contributed by atoms with van der Waals surface area (Å²) >= 11 is 0. The average molecular weight is 355 g/mol. The molecule has 0 aliphatic rings. The minimum absolute atomic E-state index is 0.134. The van der Waals surface area contributed by atoms with Crippen molar-refractivity contribution in [2.75, 3.05) is 5.73 Å². The van der Waals surface area contributed by atoms with Gasteiger partial charge in [0.05, 0.1) is 17.4 Å². The maximum Gasteiger partial charge on any atom is 0.335 e. The first kappa shape index (κ1) is 19.8. The summed E-state index contributed by atoms with van der Waals surface area (Å²) in [6.45, 7) is 6.26. The van der Waals surface area contributed by atoms with Crippen LogP contribution in [0.2, 0.25) is 0 Å². The number of nitrogen functional groups attached to an aromatic ring is 1. The molecule has 0 aromatic heterocycles. The van der Waals surface area contributed by atoms with Gasteiger partial charge in [0.25, 0.3) is 0 Å². The SMILES string of the molecule is CCCCCC[C@@H](C)Oc1ccc(-c2ccc(C(=O)O)cc2)c(C)c1N. The second kappa shape index (κ2) is 9.27. The van der Waals surface area contributed by atoms with Gasteiger partial charge in [-0.1, -0.05) is 44.4 Å². The van der Waals surface area contributed by atoms with E-state index < -0.39 is 5.97 Å². The first-order valence-corrected chi connectivity index (χ1v) is 9.33. The fourth-order valence-electron chi connectivity index (χ4n) is 3.05. The second-order valence-electron chi connectivity index (χ2n) is 6.81. The summed E-state index contributed by atoms with van der Waals surface area (Å²) in [5.74, 6) is -0.208. The average Bonchev–Trinajstić information content (AvgIpc) is 2.63. The number of hydrogen-bond donors (Lipinski definition) is 2. The third-order valence-electron chi connectivity index (χ3n) is 4.71. The normalized spacial score (nSPS) is 12.0. The predicted molar refractivity (Wildman–Crippen MR) is 107 cm³/mol. The first-order valence-electron chi connectivity index (χ1n) is 9.33. The van der Waals surface area contributed by atoms with E-state index in [0.717, 1.165) is 28.9 Å². The summed E-state index contributed by atoms with van der Waals surface area (Å²) < 4.78 is 6.04. The molecule has 4 heteroatoms. The lowest BCUT2D eigenvalue weighted by molar-refractivity contribution is 0.0697. The van der Waals surface area contributed by atoms with Crippen molar-refractivity contribution >= 4 is 11.7 Å². The van der Waals surface area contributed by atoms with E-state index in [1.165, 1.54) is 25.7 Å². The smallest absolute Gasteiger partial charge is 0.335 e. The van der Waals surface area contributed by atoms with Crippen LogP contribution in [0, 0.1) is 6.92 Å². The Balaban J connectivity index is 2.11. The predicted octanol–water partition coefficient (Wildman–Crippen LogP) is 5.68. The van der Waals surface area contributed by atoms with Crippen molar-refractivity contribution in [1.29, 1.82) is 0 Å². The Morgan fingerprint density at radius 2 is 1.81 bits per heavy atom. The fraction of sp³-hybridized carbons (Fsp3) is 0.409. The molecule has 0 saturated heterocycles. The molecule has 2 aromatic carbocycles. The zero-order chi connectivity index (χ0) is 19.1. The lowest BCUT2D eigenvalue weighted by atomic mass is 9.98. The molecule has 3 N–H and O–H groups in total. The van der Waals surface area contributed by atoms with Gasteiger partial charge in [-0.2, -0.15) is 0 Å². The molecular weight excluding hydrogens is 326 g/mol. The highest BCUT2D eigenvalue weighted by Gasteiger charge is 2.13. The first-order chi connectivity index (χ1) is 12.4. The summed E-state index contributed by atoms with van der Waals surface area (Å²) in [6.07, 6.45) is 6.07. The second-order valence-corrected chi connectivity index (χ2v) is 6.81. The summed E-state index contributed by atoms with van der Waals surface area (Å²) in [5.41, 5.74) is 10.1. The van der Waals surface area contributed by atoms with Gasteiger partial charge in [-0.3, -0.25) is 0 Å². The van der Waals surface area contributed by atoms with Crippen LogP contribution in [-0.2, 0) is 0 Å². The van der Waals surface area contributed by atoms with Gasteiger partial charge in [-0.25, -0.2) is 4.79 Å². The molecule has 0 bridgehead atoms. The summed E-state index contributed by atoms with van der Waals surface area (Å²) in [4.78, 5) is 11.0. The number of nitrogens with two attached hydrogens (primary N) is 1. The topological polar surface area (TPSA) is 72.5 Å². The van der Waals surface area contributed by atoms with Gasteiger partial charge in [0, 0.05) is 0 Å². The third-order valence-corrected chi connectivity index (χ3v) is 4.71. The Bertz CT molecular complexity index is 738. The standard InChI is InChI=1S/C22H29NO3/c1-4-5-6-7-8-15(2)26-20-14-13-19(16(3)21(20)23)17-9-11-18(12-10-17)22(24)25/h9-15H,4-8,23H2,1-3H3,(H,24,25)/t15-/m1/s1. The number of anilines is 1. The Kier molecular flexibility index (Phi) is 7.07. The van der Waals surface area contributed by atoms with Crippen LogP contribution in [0.25, 0.3) is 11.1 Å². The van der Waals surface area contributed by atoms with Gasteiger partial charge in [0.1, 0.15) is 5.75 Å². The highest BCUT2D eigenvalue weighted by molar-refractivity contribution is 5.88. The molecule has 2 rings (SSSR count). The van der Waals surface area contributed by atoms with E-state index >= 15 is 0 Å². The lowest BCUT2D eigenvalue weighted by Crippen LogP contribution is -2.13. The number of hydrogen-bond acceptors (Lipinski definition) is 3. The van der Waals surface area contributed by atoms with Crippen molar-refractivity contribution in [3.05, 3.63) is 47.5 Å². The molecule has 0 aliphatic heterocycles. The molecule has 4 nitrogen and oxygen atoms in total. The lowest BCUT2D eigenvalue weighted by Gasteiger charge is -2.19. The molecule has 0 spiro atoms. The van der Waals surface area contributed by atoms with Crippen molar-refractivity contribution in [3.63, 3.8) is 0 Å². The van der Waals surface area contributed by atoms with Crippen LogP contribution in [0.3, 0.4) is 0 Å². The minimum atomic E-state index is -0.926. The molecule has 0 unspecified atom stereocenters. The van der Waals surface area contributed by atoms with Crippen LogP contribution in [0.5, 0.6) is 5.75 Å². The van der Waals surface area contributed by atoms with Crippen molar-refractivity contribution in [2.45, 2.75) is 59.0 Å². The van der Waals surface area contributed by atoms with Crippen molar-refractivity contribution in [3.8, 4) is 16.9 Å². The van der Waals surface area contributed by atoms with E-state index in [2.05, 4.69) is 13.8 Å². The van der Waals surface area contributed by atoms with Crippen LogP contribution in [-0.4, -0.2) is 17.2 Å². The molecule has 0 heterocycles. The number of aromatic carboxylic acids is 1. The highest BCUT2D eigenvalue weighted by Crippen LogP contribution is 2.34. The maximum absolute atomic E-state index is 11.0. The van der Waals surface area contributed by atoms with E-state index in [1.54, 1.807) is 12.1 Å². The number of carbonyl (C=O) groups is 1. The Morgan fingerprint density at radius 1 is 1.12 bits per heavy atom.